The number of aliphatic carboxylic acids is 1. The highest BCUT2D eigenvalue weighted by Crippen LogP contribution is 2.21. The number of hydrogen-bond donors (Lipinski definition) is 6. The molecule has 1 fully saturated rings. The van der Waals surface area contributed by atoms with Gasteiger partial charge in [-0.2, -0.15) is 0 Å². The Bertz CT molecular complexity index is 1360. The monoisotopic (exact) mass is 549 g/mol. The van der Waals surface area contributed by atoms with E-state index in [9.17, 15) is 29.4 Å². The van der Waals surface area contributed by atoms with Crippen LogP contribution in [0.5, 0.6) is 0 Å². The van der Waals surface area contributed by atoms with Gasteiger partial charge in [0, 0.05) is 36.5 Å². The number of likely N-dealkylation sites (tertiary alicyclic amines) is 1. The number of nitrogens with one attached hydrogen (secondary N) is 3. The number of carboxylic acid groups (broad SMARTS) is 1. The van der Waals surface area contributed by atoms with Crippen LogP contribution in [0.3, 0.4) is 0 Å². The number of H-pyrrole nitrogens is 1. The van der Waals surface area contributed by atoms with Crippen LogP contribution >= 0.6 is 0 Å². The summed E-state index contributed by atoms with van der Waals surface area (Å²) in [6.07, 6.45) is 1.74. The maximum absolute atomic E-state index is 13.5. The van der Waals surface area contributed by atoms with E-state index in [1.165, 1.54) is 11.8 Å². The van der Waals surface area contributed by atoms with Crippen LogP contribution in [0.1, 0.15) is 30.9 Å². The third-order valence-corrected chi connectivity index (χ3v) is 7.27. The lowest BCUT2D eigenvalue weighted by Crippen LogP contribution is -2.58. The van der Waals surface area contributed by atoms with Gasteiger partial charge < -0.3 is 36.5 Å². The van der Waals surface area contributed by atoms with Crippen molar-refractivity contribution < 1.29 is 29.4 Å². The number of aliphatic hydroxyl groups excluding tert-OH is 1. The largest absolute Gasteiger partial charge is 0.480 e. The number of carbonyl (C=O) groups excluding carboxylic acids is 3. The maximum atomic E-state index is 13.5. The molecule has 2 aromatic carbocycles. The van der Waals surface area contributed by atoms with Crippen LogP contribution in [0.4, 0.5) is 0 Å². The highest BCUT2D eigenvalue weighted by Gasteiger charge is 2.39. The molecule has 0 bridgehead atoms. The fourth-order valence-electron chi connectivity index (χ4n) is 5.02. The molecule has 212 valence electrons. The fraction of sp³-hybridized carbons (Fsp3) is 0.379. The first-order valence-electron chi connectivity index (χ1n) is 13.3. The summed E-state index contributed by atoms with van der Waals surface area (Å²) in [5.74, 6) is -2.94. The molecule has 0 spiro atoms. The molecule has 5 unspecified atom stereocenters. The van der Waals surface area contributed by atoms with Crippen LogP contribution in [0.2, 0.25) is 0 Å². The highest BCUT2D eigenvalue weighted by atomic mass is 16.4. The number of carboxylic acids is 1. The van der Waals surface area contributed by atoms with Crippen molar-refractivity contribution in [1.82, 2.24) is 20.5 Å². The summed E-state index contributed by atoms with van der Waals surface area (Å²) in [6, 6.07) is 12.2. The van der Waals surface area contributed by atoms with Gasteiger partial charge in [-0.15, -0.1) is 0 Å². The third kappa shape index (κ3) is 6.67. The Morgan fingerprint density at radius 1 is 1.02 bits per heavy atom. The Kier molecular flexibility index (Phi) is 9.18. The number of amides is 3. The number of aromatic amines is 1. The molecular formula is C29H35N5O6. The fourth-order valence-corrected chi connectivity index (χ4v) is 5.02. The van der Waals surface area contributed by atoms with Gasteiger partial charge in [-0.3, -0.25) is 14.4 Å². The van der Waals surface area contributed by atoms with E-state index in [0.29, 0.717) is 19.4 Å². The third-order valence-electron chi connectivity index (χ3n) is 7.27. The summed E-state index contributed by atoms with van der Waals surface area (Å²) < 4.78 is 0. The SMILES string of the molecule is CC(O)C(N)C(=O)N1CCCC1C(=O)NC(Cc1ccccc1)C(=O)NC(Cc1c[nH]c2ccccc12)C(=O)O. The van der Waals surface area contributed by atoms with Crippen LogP contribution < -0.4 is 16.4 Å². The van der Waals surface area contributed by atoms with Crippen LogP contribution in [0.15, 0.2) is 60.8 Å². The Morgan fingerprint density at radius 3 is 2.42 bits per heavy atom. The first-order chi connectivity index (χ1) is 19.2. The zero-order chi connectivity index (χ0) is 28.8. The number of fused-ring (bicyclic) bond motifs is 1. The number of aromatic nitrogens is 1. The lowest BCUT2D eigenvalue weighted by molar-refractivity contribution is -0.143. The quantitative estimate of drug-likeness (QED) is 0.204. The van der Waals surface area contributed by atoms with Gasteiger partial charge in [0.05, 0.1) is 6.10 Å². The van der Waals surface area contributed by atoms with Gasteiger partial charge in [0.2, 0.25) is 17.7 Å². The van der Waals surface area contributed by atoms with Gasteiger partial charge >= 0.3 is 5.97 Å². The van der Waals surface area contributed by atoms with Gasteiger partial charge in [0.15, 0.2) is 0 Å². The molecule has 11 nitrogen and oxygen atoms in total. The normalized spacial score (nSPS) is 18.1. The second kappa shape index (κ2) is 12.8. The van der Waals surface area contributed by atoms with E-state index in [1.54, 1.807) is 30.5 Å². The summed E-state index contributed by atoms with van der Waals surface area (Å²) in [7, 11) is 0. The van der Waals surface area contributed by atoms with Gasteiger partial charge in [-0.25, -0.2) is 4.79 Å². The average Bonchev–Trinajstić information content (AvgIpc) is 3.59. The van der Waals surface area contributed by atoms with Gasteiger partial charge in [-0.1, -0.05) is 48.5 Å². The van der Waals surface area contributed by atoms with E-state index in [4.69, 9.17) is 5.73 Å². The summed E-state index contributed by atoms with van der Waals surface area (Å²) in [4.78, 5) is 56.2. The molecule has 11 heteroatoms. The first kappa shape index (κ1) is 28.8. The lowest BCUT2D eigenvalue weighted by atomic mass is 10.0. The molecule has 3 amide bonds. The van der Waals surface area contributed by atoms with Crippen molar-refractivity contribution in [2.75, 3.05) is 6.54 Å². The molecule has 7 N–H and O–H groups in total. The number of para-hydroxylation sites is 1. The number of carbonyl (C=O) groups is 4. The zero-order valence-electron chi connectivity index (χ0n) is 22.2. The van der Waals surface area contributed by atoms with E-state index < -0.39 is 54.0 Å². The molecule has 1 saturated heterocycles. The Balaban J connectivity index is 1.52. The van der Waals surface area contributed by atoms with Crippen LogP contribution in [0, 0.1) is 0 Å². The number of nitrogens with zero attached hydrogens (tertiary/aromatic N) is 1. The van der Waals surface area contributed by atoms with Crippen molar-refractivity contribution in [3.63, 3.8) is 0 Å². The molecule has 4 rings (SSSR count). The highest BCUT2D eigenvalue weighted by molar-refractivity contribution is 5.95. The lowest BCUT2D eigenvalue weighted by Gasteiger charge is -2.29. The van der Waals surface area contributed by atoms with E-state index in [2.05, 4.69) is 15.6 Å². The van der Waals surface area contributed by atoms with Crippen LogP contribution in [-0.4, -0.2) is 80.6 Å². The zero-order valence-corrected chi connectivity index (χ0v) is 22.2. The Morgan fingerprint density at radius 2 is 1.73 bits per heavy atom. The molecule has 1 aliphatic heterocycles. The number of aliphatic hydroxyl groups is 1. The number of rotatable bonds is 11. The number of nitrogens with two attached hydrogens (primary N) is 1. The van der Waals surface area contributed by atoms with Crippen LogP contribution in [-0.2, 0) is 32.0 Å². The molecule has 0 aliphatic carbocycles. The second-order valence-corrected chi connectivity index (χ2v) is 10.2. The predicted molar refractivity (Wildman–Crippen MR) is 148 cm³/mol. The van der Waals surface area contributed by atoms with Crippen molar-refractivity contribution >= 4 is 34.6 Å². The second-order valence-electron chi connectivity index (χ2n) is 10.2. The molecular weight excluding hydrogens is 514 g/mol. The van der Waals surface area contributed by atoms with Gasteiger partial charge in [0.25, 0.3) is 0 Å². The maximum Gasteiger partial charge on any atom is 0.326 e. The molecule has 0 saturated carbocycles. The topological polar surface area (TPSA) is 178 Å². The number of hydrogen-bond acceptors (Lipinski definition) is 6. The van der Waals surface area contributed by atoms with Gasteiger partial charge in [0.1, 0.15) is 24.2 Å². The van der Waals surface area contributed by atoms with E-state index >= 15 is 0 Å². The minimum Gasteiger partial charge on any atom is -0.480 e. The molecule has 3 aromatic rings. The first-order valence-corrected chi connectivity index (χ1v) is 13.3. The molecule has 1 aliphatic rings. The number of benzene rings is 2. The molecule has 40 heavy (non-hydrogen) atoms. The minimum absolute atomic E-state index is 0.0409. The van der Waals surface area contributed by atoms with E-state index in [1.807, 2.05) is 30.3 Å². The van der Waals surface area contributed by atoms with Crippen molar-refractivity contribution in [2.45, 2.75) is 62.9 Å². The smallest absolute Gasteiger partial charge is 0.326 e. The Labute approximate surface area is 231 Å². The van der Waals surface area contributed by atoms with Crippen molar-refractivity contribution in [2.24, 2.45) is 5.73 Å². The molecule has 5 atom stereocenters. The molecule has 1 aromatic heterocycles. The summed E-state index contributed by atoms with van der Waals surface area (Å²) >= 11 is 0. The summed E-state index contributed by atoms with van der Waals surface area (Å²) in [5, 5.41) is 25.9. The molecule has 0 radical (unpaired) electrons. The van der Waals surface area contributed by atoms with E-state index in [0.717, 1.165) is 22.0 Å². The van der Waals surface area contributed by atoms with E-state index in [-0.39, 0.29) is 12.8 Å². The predicted octanol–water partition coefficient (Wildman–Crippen LogP) is 0.706. The van der Waals surface area contributed by atoms with Gasteiger partial charge in [-0.05, 0) is 37.0 Å². The van der Waals surface area contributed by atoms with Crippen molar-refractivity contribution in [3.8, 4) is 0 Å². The summed E-state index contributed by atoms with van der Waals surface area (Å²) in [5.41, 5.74) is 8.19. The van der Waals surface area contributed by atoms with Crippen molar-refractivity contribution in [1.29, 1.82) is 0 Å². The van der Waals surface area contributed by atoms with Crippen molar-refractivity contribution in [3.05, 3.63) is 71.9 Å². The average molecular weight is 550 g/mol. The summed E-state index contributed by atoms with van der Waals surface area (Å²) in [6.45, 7) is 1.71. The van der Waals surface area contributed by atoms with Crippen LogP contribution in [0.25, 0.3) is 10.9 Å². The standard InChI is InChI=1S/C29H35N5O6/c1-17(35)25(30)28(38)34-13-7-12-24(34)27(37)32-22(14-18-8-3-2-4-9-18)26(36)33-23(29(39)40)15-19-16-31-21-11-6-5-10-20(19)21/h2-6,8-11,16-17,22-25,31,35H,7,12-15,30H2,1H3,(H,32,37)(H,33,36)(H,39,40). The minimum atomic E-state index is -1.24. The Hall–Kier alpha value is -4.22. The molecule has 2 heterocycles.